The van der Waals surface area contributed by atoms with Crippen molar-refractivity contribution in [3.63, 3.8) is 0 Å². The Hall–Kier alpha value is -2.90. The Balaban J connectivity index is 1.64. The molecule has 3 rings (SSSR count). The van der Waals surface area contributed by atoms with Crippen LogP contribution in [-0.4, -0.2) is 49.3 Å². The number of hydrogen-bond donors (Lipinski definition) is 1. The number of fused-ring (bicyclic) bond motifs is 1. The lowest BCUT2D eigenvalue weighted by atomic mass is 10.1. The minimum absolute atomic E-state index is 0.102. The third kappa shape index (κ3) is 3.62. The molecule has 25 heavy (non-hydrogen) atoms. The molecule has 0 radical (unpaired) electrons. The number of aliphatic carboxylic acids is 1. The molecule has 0 saturated heterocycles. The van der Waals surface area contributed by atoms with Gasteiger partial charge < -0.3 is 19.3 Å². The first-order chi connectivity index (χ1) is 12.0. The van der Waals surface area contributed by atoms with Crippen molar-refractivity contribution in [3.05, 3.63) is 41.5 Å². The van der Waals surface area contributed by atoms with Crippen LogP contribution in [0, 0.1) is 13.8 Å². The molecule has 0 bridgehead atoms. The molecule has 8 nitrogen and oxygen atoms in total. The summed E-state index contributed by atoms with van der Waals surface area (Å²) in [5.74, 6) is 0.634. The zero-order valence-corrected chi connectivity index (χ0v) is 14.2. The third-order valence-corrected chi connectivity index (χ3v) is 4.24. The van der Waals surface area contributed by atoms with E-state index in [0.717, 1.165) is 5.56 Å². The predicted octanol–water partition coefficient (Wildman–Crippen LogP) is 1.16. The van der Waals surface area contributed by atoms with Gasteiger partial charge in [-0.15, -0.1) is 10.2 Å². The highest BCUT2D eigenvalue weighted by molar-refractivity contribution is 5.84. The SMILES string of the molecule is Cc1cccc(OCCC(=O)N2Cc3nnc(C)n3CC2C(=O)O)c1. The highest BCUT2D eigenvalue weighted by atomic mass is 16.5. The van der Waals surface area contributed by atoms with E-state index in [1.54, 1.807) is 11.5 Å². The van der Waals surface area contributed by atoms with Crippen LogP contribution in [0.15, 0.2) is 24.3 Å². The maximum absolute atomic E-state index is 12.5. The van der Waals surface area contributed by atoms with E-state index >= 15 is 0 Å². The van der Waals surface area contributed by atoms with E-state index in [1.165, 1.54) is 4.90 Å². The summed E-state index contributed by atoms with van der Waals surface area (Å²) in [4.78, 5) is 25.4. The first-order valence-corrected chi connectivity index (χ1v) is 8.06. The van der Waals surface area contributed by atoms with Crippen LogP contribution in [-0.2, 0) is 22.7 Å². The van der Waals surface area contributed by atoms with Gasteiger partial charge in [0.1, 0.15) is 17.6 Å². The normalized spacial score (nSPS) is 16.4. The number of hydrogen-bond acceptors (Lipinski definition) is 5. The van der Waals surface area contributed by atoms with Gasteiger partial charge in [0.05, 0.1) is 26.1 Å². The van der Waals surface area contributed by atoms with Gasteiger partial charge in [-0.1, -0.05) is 12.1 Å². The van der Waals surface area contributed by atoms with E-state index in [1.807, 2.05) is 31.2 Å². The minimum Gasteiger partial charge on any atom is -0.493 e. The number of carbonyl (C=O) groups is 2. The summed E-state index contributed by atoms with van der Waals surface area (Å²) in [5, 5.41) is 17.4. The number of carbonyl (C=O) groups excluding carboxylic acids is 1. The molecule has 1 atom stereocenters. The molecule has 0 fully saturated rings. The smallest absolute Gasteiger partial charge is 0.328 e. The van der Waals surface area contributed by atoms with E-state index in [2.05, 4.69) is 10.2 Å². The van der Waals surface area contributed by atoms with Crippen molar-refractivity contribution in [1.82, 2.24) is 19.7 Å². The molecule has 132 valence electrons. The fourth-order valence-corrected chi connectivity index (χ4v) is 2.89. The Kier molecular flexibility index (Phi) is 4.69. The Morgan fingerprint density at radius 1 is 1.32 bits per heavy atom. The van der Waals surface area contributed by atoms with Crippen molar-refractivity contribution >= 4 is 11.9 Å². The second-order valence-electron chi connectivity index (χ2n) is 6.06. The molecule has 0 aliphatic carbocycles. The molecule has 1 unspecified atom stereocenters. The summed E-state index contributed by atoms with van der Waals surface area (Å²) in [5.41, 5.74) is 1.07. The summed E-state index contributed by atoms with van der Waals surface area (Å²) in [6.45, 7) is 4.22. The third-order valence-electron chi connectivity index (χ3n) is 4.24. The Morgan fingerprint density at radius 3 is 2.84 bits per heavy atom. The molecule has 2 aromatic rings. The fraction of sp³-hybridized carbons (Fsp3) is 0.412. The van der Waals surface area contributed by atoms with Crippen LogP contribution in [0.3, 0.4) is 0 Å². The summed E-state index contributed by atoms with van der Waals surface area (Å²) in [6, 6.07) is 6.63. The molecule has 0 saturated carbocycles. The number of ether oxygens (including phenoxy) is 1. The molecule has 1 amide bonds. The number of benzene rings is 1. The highest BCUT2D eigenvalue weighted by Crippen LogP contribution is 2.19. The Labute approximate surface area is 145 Å². The van der Waals surface area contributed by atoms with Crippen molar-refractivity contribution in [2.75, 3.05) is 6.61 Å². The van der Waals surface area contributed by atoms with Gasteiger partial charge in [0, 0.05) is 0 Å². The van der Waals surface area contributed by atoms with Crippen molar-refractivity contribution in [2.24, 2.45) is 0 Å². The van der Waals surface area contributed by atoms with Crippen LogP contribution < -0.4 is 4.74 Å². The van der Waals surface area contributed by atoms with Crippen molar-refractivity contribution < 1.29 is 19.4 Å². The second-order valence-corrected chi connectivity index (χ2v) is 6.06. The zero-order valence-electron chi connectivity index (χ0n) is 14.2. The summed E-state index contributed by atoms with van der Waals surface area (Å²) in [6.07, 6.45) is 0.102. The van der Waals surface area contributed by atoms with E-state index in [4.69, 9.17) is 4.74 Å². The predicted molar refractivity (Wildman–Crippen MR) is 88.0 cm³/mol. The topological polar surface area (TPSA) is 97.5 Å². The van der Waals surface area contributed by atoms with Crippen LogP contribution in [0.2, 0.25) is 0 Å². The van der Waals surface area contributed by atoms with Crippen LogP contribution in [0.1, 0.15) is 23.6 Å². The van der Waals surface area contributed by atoms with Crippen LogP contribution in [0.25, 0.3) is 0 Å². The van der Waals surface area contributed by atoms with Gasteiger partial charge in [0.2, 0.25) is 5.91 Å². The van der Waals surface area contributed by atoms with Crippen molar-refractivity contribution in [1.29, 1.82) is 0 Å². The number of carboxylic acid groups (broad SMARTS) is 1. The summed E-state index contributed by atoms with van der Waals surface area (Å²) < 4.78 is 7.33. The second kappa shape index (κ2) is 6.92. The number of aromatic nitrogens is 3. The number of aryl methyl sites for hydroxylation is 2. The monoisotopic (exact) mass is 344 g/mol. The van der Waals surface area contributed by atoms with Crippen LogP contribution in [0.5, 0.6) is 5.75 Å². The molecule has 0 spiro atoms. The molecule has 1 aliphatic heterocycles. The number of rotatable bonds is 5. The zero-order chi connectivity index (χ0) is 18.0. The average Bonchev–Trinajstić information content (AvgIpc) is 2.94. The van der Waals surface area contributed by atoms with Gasteiger partial charge >= 0.3 is 5.97 Å². The molecule has 2 heterocycles. The van der Waals surface area contributed by atoms with E-state index in [-0.39, 0.29) is 32.0 Å². The number of carboxylic acids is 1. The largest absolute Gasteiger partial charge is 0.493 e. The summed E-state index contributed by atoms with van der Waals surface area (Å²) >= 11 is 0. The number of amides is 1. The Bertz CT molecular complexity index is 802. The Morgan fingerprint density at radius 2 is 2.12 bits per heavy atom. The van der Waals surface area contributed by atoms with Gasteiger partial charge in [0.25, 0.3) is 0 Å². The van der Waals surface area contributed by atoms with Gasteiger partial charge in [-0.25, -0.2) is 4.79 Å². The minimum atomic E-state index is -1.04. The highest BCUT2D eigenvalue weighted by Gasteiger charge is 2.36. The molecule has 1 N–H and O–H groups in total. The lowest BCUT2D eigenvalue weighted by Gasteiger charge is -2.33. The molecule has 1 aromatic heterocycles. The molecule has 8 heteroatoms. The van der Waals surface area contributed by atoms with Gasteiger partial charge in [0.15, 0.2) is 5.82 Å². The molecular weight excluding hydrogens is 324 g/mol. The maximum atomic E-state index is 12.5. The first-order valence-electron chi connectivity index (χ1n) is 8.06. The van der Waals surface area contributed by atoms with Gasteiger partial charge in [-0.2, -0.15) is 0 Å². The van der Waals surface area contributed by atoms with Crippen LogP contribution in [0.4, 0.5) is 0 Å². The van der Waals surface area contributed by atoms with Crippen molar-refractivity contribution in [3.8, 4) is 5.75 Å². The average molecular weight is 344 g/mol. The number of nitrogens with zero attached hydrogens (tertiary/aromatic N) is 4. The maximum Gasteiger partial charge on any atom is 0.328 e. The molecular formula is C17H20N4O4. The van der Waals surface area contributed by atoms with E-state index in [9.17, 15) is 14.7 Å². The van der Waals surface area contributed by atoms with E-state index < -0.39 is 12.0 Å². The lowest BCUT2D eigenvalue weighted by Crippen LogP contribution is -2.51. The summed E-state index contributed by atoms with van der Waals surface area (Å²) in [7, 11) is 0. The van der Waals surface area contributed by atoms with Crippen molar-refractivity contribution in [2.45, 2.75) is 39.4 Å². The molecule has 1 aliphatic rings. The van der Waals surface area contributed by atoms with Gasteiger partial charge in [-0.05, 0) is 31.5 Å². The van der Waals surface area contributed by atoms with E-state index in [0.29, 0.717) is 17.4 Å². The van der Waals surface area contributed by atoms with Gasteiger partial charge in [-0.3, -0.25) is 4.79 Å². The quantitative estimate of drug-likeness (QED) is 0.874. The first kappa shape index (κ1) is 16.9. The fourth-order valence-electron chi connectivity index (χ4n) is 2.89. The molecule has 1 aromatic carbocycles. The lowest BCUT2D eigenvalue weighted by molar-refractivity contribution is -0.153. The standard InChI is InChI=1S/C17H20N4O4/c1-11-4-3-5-13(8-11)25-7-6-16(22)21-10-15-19-18-12(2)20(15)9-14(21)17(23)24/h3-5,8,14H,6-7,9-10H2,1-2H3,(H,23,24). The van der Waals surface area contributed by atoms with Crippen LogP contribution >= 0.6 is 0 Å².